The van der Waals surface area contributed by atoms with Crippen LogP contribution in [0, 0.1) is 5.41 Å². The van der Waals surface area contributed by atoms with Gasteiger partial charge in [-0.2, -0.15) is 0 Å². The van der Waals surface area contributed by atoms with Gasteiger partial charge in [-0.3, -0.25) is 4.79 Å². The Morgan fingerprint density at radius 2 is 2.12 bits per heavy atom. The molecule has 0 atom stereocenters. The van der Waals surface area contributed by atoms with E-state index < -0.39 is 5.91 Å². The smallest absolute Gasteiger partial charge is 0.217 e. The lowest BCUT2D eigenvalue weighted by Gasteiger charge is -2.08. The highest BCUT2D eigenvalue weighted by atomic mass is 16.1. The minimum atomic E-state index is -0.394. The SMILES string of the molecule is CNc1cc(C(=N)CCC(N)=O)ccc1N. The first-order valence-electron chi connectivity index (χ1n) is 4.98. The van der Waals surface area contributed by atoms with E-state index in [2.05, 4.69) is 5.32 Å². The van der Waals surface area contributed by atoms with Crippen LogP contribution in [0.4, 0.5) is 11.4 Å². The summed E-state index contributed by atoms with van der Waals surface area (Å²) in [6, 6.07) is 5.29. The number of hydrogen-bond donors (Lipinski definition) is 4. The van der Waals surface area contributed by atoms with E-state index in [1.807, 2.05) is 0 Å². The molecule has 0 saturated heterocycles. The van der Waals surface area contributed by atoms with Crippen LogP contribution in [0.1, 0.15) is 18.4 Å². The summed E-state index contributed by atoms with van der Waals surface area (Å²) in [6.45, 7) is 0. The molecule has 16 heavy (non-hydrogen) atoms. The number of hydrogen-bond acceptors (Lipinski definition) is 4. The van der Waals surface area contributed by atoms with Crippen molar-refractivity contribution in [2.75, 3.05) is 18.1 Å². The zero-order chi connectivity index (χ0) is 12.1. The number of rotatable bonds is 5. The van der Waals surface area contributed by atoms with Crippen LogP contribution in [0.15, 0.2) is 18.2 Å². The molecule has 0 fully saturated rings. The largest absolute Gasteiger partial charge is 0.397 e. The van der Waals surface area contributed by atoms with Crippen molar-refractivity contribution in [3.05, 3.63) is 23.8 Å². The van der Waals surface area contributed by atoms with E-state index in [-0.39, 0.29) is 6.42 Å². The van der Waals surface area contributed by atoms with Crippen molar-refractivity contribution < 1.29 is 4.79 Å². The maximum absolute atomic E-state index is 10.6. The molecule has 0 bridgehead atoms. The molecule has 0 aliphatic heterocycles. The maximum atomic E-state index is 10.6. The fourth-order valence-corrected chi connectivity index (χ4v) is 1.35. The number of carbonyl (C=O) groups is 1. The van der Waals surface area contributed by atoms with Gasteiger partial charge in [-0.25, -0.2) is 0 Å². The number of amides is 1. The molecule has 0 saturated carbocycles. The highest BCUT2D eigenvalue weighted by Gasteiger charge is 2.06. The van der Waals surface area contributed by atoms with Gasteiger partial charge in [0.15, 0.2) is 0 Å². The van der Waals surface area contributed by atoms with Gasteiger partial charge in [0.2, 0.25) is 5.91 Å². The Morgan fingerprint density at radius 3 is 2.69 bits per heavy atom. The Bertz CT molecular complexity index is 414. The standard InChI is InChI=1S/C11H16N4O/c1-15-10-6-7(2-3-9(10)13)8(12)4-5-11(14)16/h2-3,6,12,15H,4-5,13H2,1H3,(H2,14,16). The number of anilines is 2. The van der Waals surface area contributed by atoms with Crippen molar-refractivity contribution in [1.82, 2.24) is 0 Å². The Hall–Kier alpha value is -2.04. The summed E-state index contributed by atoms with van der Waals surface area (Å²) in [6.07, 6.45) is 0.542. The van der Waals surface area contributed by atoms with Crippen molar-refractivity contribution in [2.45, 2.75) is 12.8 Å². The summed E-state index contributed by atoms with van der Waals surface area (Å²) in [4.78, 5) is 10.6. The minimum Gasteiger partial charge on any atom is -0.397 e. The molecule has 0 radical (unpaired) electrons. The Balaban J connectivity index is 2.80. The minimum absolute atomic E-state index is 0.193. The summed E-state index contributed by atoms with van der Waals surface area (Å²) < 4.78 is 0. The van der Waals surface area contributed by atoms with Crippen molar-refractivity contribution in [1.29, 1.82) is 5.41 Å². The third kappa shape index (κ3) is 2.98. The molecule has 0 heterocycles. The molecule has 1 amide bonds. The van der Waals surface area contributed by atoms with E-state index in [1.165, 1.54) is 0 Å². The molecule has 0 aliphatic carbocycles. The molecule has 1 aromatic carbocycles. The topological polar surface area (TPSA) is 105 Å². The van der Waals surface area contributed by atoms with E-state index in [1.54, 1.807) is 25.2 Å². The first kappa shape index (κ1) is 12.0. The zero-order valence-electron chi connectivity index (χ0n) is 9.21. The van der Waals surface area contributed by atoms with E-state index in [0.717, 1.165) is 11.3 Å². The molecule has 0 unspecified atom stereocenters. The number of benzene rings is 1. The second-order valence-electron chi connectivity index (χ2n) is 3.50. The van der Waals surface area contributed by atoms with Gasteiger partial charge in [-0.15, -0.1) is 0 Å². The highest BCUT2D eigenvalue weighted by molar-refractivity contribution is 6.01. The van der Waals surface area contributed by atoms with Crippen molar-refractivity contribution in [2.24, 2.45) is 5.73 Å². The normalized spacial score (nSPS) is 9.81. The van der Waals surface area contributed by atoms with Crippen molar-refractivity contribution in [3.8, 4) is 0 Å². The first-order chi connectivity index (χ1) is 7.54. The van der Waals surface area contributed by atoms with E-state index in [0.29, 0.717) is 17.8 Å². The van der Waals surface area contributed by atoms with Crippen LogP contribution >= 0.6 is 0 Å². The van der Waals surface area contributed by atoms with E-state index in [4.69, 9.17) is 16.9 Å². The van der Waals surface area contributed by atoms with Gasteiger partial charge in [-0.1, -0.05) is 6.07 Å². The Kier molecular flexibility index (Phi) is 3.88. The predicted octanol–water partition coefficient (Wildman–Crippen LogP) is 0.944. The molecular formula is C11H16N4O. The Labute approximate surface area is 94.3 Å². The lowest BCUT2D eigenvalue weighted by Crippen LogP contribution is -2.13. The lowest BCUT2D eigenvalue weighted by molar-refractivity contribution is -0.117. The monoisotopic (exact) mass is 220 g/mol. The molecule has 5 heteroatoms. The van der Waals surface area contributed by atoms with Crippen LogP contribution in [0.5, 0.6) is 0 Å². The third-order valence-electron chi connectivity index (χ3n) is 2.29. The van der Waals surface area contributed by atoms with Gasteiger partial charge in [0.05, 0.1) is 11.4 Å². The number of nitrogens with two attached hydrogens (primary N) is 2. The third-order valence-corrected chi connectivity index (χ3v) is 2.29. The zero-order valence-corrected chi connectivity index (χ0v) is 9.21. The molecule has 0 aromatic heterocycles. The quantitative estimate of drug-likeness (QED) is 0.438. The predicted molar refractivity (Wildman–Crippen MR) is 65.7 cm³/mol. The van der Waals surface area contributed by atoms with E-state index in [9.17, 15) is 4.79 Å². The number of carbonyl (C=O) groups excluding carboxylic acids is 1. The van der Waals surface area contributed by atoms with Gasteiger partial charge in [0, 0.05) is 19.2 Å². The molecule has 1 rings (SSSR count). The average molecular weight is 220 g/mol. The van der Waals surface area contributed by atoms with Crippen LogP contribution in [0.2, 0.25) is 0 Å². The fraction of sp³-hybridized carbons (Fsp3) is 0.273. The molecule has 0 aliphatic rings. The summed E-state index contributed by atoms with van der Waals surface area (Å²) >= 11 is 0. The summed E-state index contributed by atoms with van der Waals surface area (Å²) in [5.74, 6) is -0.394. The molecule has 1 aromatic rings. The van der Waals surface area contributed by atoms with Crippen LogP contribution in [-0.4, -0.2) is 18.7 Å². The number of nitrogen functional groups attached to an aromatic ring is 1. The number of nitrogens with one attached hydrogen (secondary N) is 2. The van der Waals surface area contributed by atoms with Crippen molar-refractivity contribution >= 4 is 23.0 Å². The van der Waals surface area contributed by atoms with E-state index >= 15 is 0 Å². The fourth-order valence-electron chi connectivity index (χ4n) is 1.35. The van der Waals surface area contributed by atoms with Gasteiger partial charge >= 0.3 is 0 Å². The van der Waals surface area contributed by atoms with Crippen molar-refractivity contribution in [3.63, 3.8) is 0 Å². The second-order valence-corrected chi connectivity index (χ2v) is 3.50. The number of primary amides is 1. The molecule has 6 N–H and O–H groups in total. The van der Waals surface area contributed by atoms with Gasteiger partial charge in [0.25, 0.3) is 0 Å². The average Bonchev–Trinajstić information content (AvgIpc) is 2.26. The van der Waals surface area contributed by atoms with Crippen LogP contribution in [0.3, 0.4) is 0 Å². The molecule has 5 nitrogen and oxygen atoms in total. The first-order valence-corrected chi connectivity index (χ1v) is 4.98. The lowest BCUT2D eigenvalue weighted by atomic mass is 10.0. The second kappa shape index (κ2) is 5.16. The maximum Gasteiger partial charge on any atom is 0.217 e. The van der Waals surface area contributed by atoms with Gasteiger partial charge in [-0.05, 0) is 24.1 Å². The van der Waals surface area contributed by atoms with Gasteiger partial charge < -0.3 is 22.2 Å². The Morgan fingerprint density at radius 1 is 1.44 bits per heavy atom. The van der Waals surface area contributed by atoms with Crippen LogP contribution < -0.4 is 16.8 Å². The highest BCUT2D eigenvalue weighted by Crippen LogP contribution is 2.20. The summed E-state index contributed by atoms with van der Waals surface area (Å²) in [5, 5.41) is 10.7. The van der Waals surface area contributed by atoms with Crippen LogP contribution in [0.25, 0.3) is 0 Å². The van der Waals surface area contributed by atoms with Gasteiger partial charge in [0.1, 0.15) is 0 Å². The summed E-state index contributed by atoms with van der Waals surface area (Å²) in [7, 11) is 1.77. The van der Waals surface area contributed by atoms with Crippen LogP contribution in [-0.2, 0) is 4.79 Å². The summed E-state index contributed by atoms with van der Waals surface area (Å²) in [5.41, 5.74) is 13.3. The molecule has 86 valence electrons. The molecular weight excluding hydrogens is 204 g/mol. The molecule has 0 spiro atoms.